The van der Waals surface area contributed by atoms with Crippen LogP contribution in [0.15, 0.2) is 128 Å². The summed E-state index contributed by atoms with van der Waals surface area (Å²) in [5, 5.41) is 15.5. The molecule has 294 valence electrons. The molecule has 0 spiro atoms. The van der Waals surface area contributed by atoms with Gasteiger partial charge in [-0.15, -0.1) is 0 Å². The van der Waals surface area contributed by atoms with Crippen molar-refractivity contribution in [2.75, 3.05) is 32.8 Å². The molecular formula is C48H58N4O4. The first-order chi connectivity index (χ1) is 27.5. The van der Waals surface area contributed by atoms with Crippen LogP contribution in [-0.4, -0.2) is 82.7 Å². The zero-order valence-electron chi connectivity index (χ0n) is 32.7. The maximum Gasteiger partial charge on any atom is 0.244 e. The Morgan fingerprint density at radius 2 is 1.34 bits per heavy atom. The predicted molar refractivity (Wildman–Crippen MR) is 224 cm³/mol. The highest BCUT2D eigenvalue weighted by molar-refractivity contribution is 5.88. The smallest absolute Gasteiger partial charge is 0.244 e. The van der Waals surface area contributed by atoms with Crippen LogP contribution in [0.1, 0.15) is 68.1 Å². The molecule has 0 radical (unpaired) electrons. The SMILES string of the molecule is O=C(NC(CCCc1ccccc1)CCCc1ccccc1)C1CN(C[C@H](O)COc2cccc3ncccc23)CCN1C(=O)CCCCCc1ccccc1. The average Bonchev–Trinajstić information content (AvgIpc) is 3.23. The molecule has 1 saturated heterocycles. The molecule has 2 N–H and O–H groups in total. The van der Waals surface area contributed by atoms with E-state index in [0.717, 1.165) is 75.1 Å². The molecule has 56 heavy (non-hydrogen) atoms. The fourth-order valence-electron chi connectivity index (χ4n) is 7.82. The third-order valence-corrected chi connectivity index (χ3v) is 10.9. The number of nitrogens with one attached hydrogen (secondary N) is 1. The van der Waals surface area contributed by atoms with E-state index in [9.17, 15) is 14.7 Å². The number of aliphatic hydroxyl groups excluding tert-OH is 1. The molecule has 0 saturated carbocycles. The highest BCUT2D eigenvalue weighted by atomic mass is 16.5. The number of benzene rings is 4. The standard InChI is InChI=1S/C48H58N4O4/c53-42(37-56-46-30-15-29-44-43(46)28-16-32-49-44)35-51-33-34-52(47(54)31-12-4-11-19-38-17-5-1-6-18-38)45(36-51)48(55)50-41(26-13-24-39-20-7-2-8-21-39)27-14-25-40-22-9-3-10-23-40/h1-3,5-10,15-18,20-23,28-30,32,41-42,45,53H,4,11-14,19,24-27,31,33-37H2,(H,50,55)/t42-,45?/m0/s1. The quantitative estimate of drug-likeness (QED) is 0.0743. The van der Waals surface area contributed by atoms with Crippen LogP contribution in [0.2, 0.25) is 0 Å². The molecule has 8 nitrogen and oxygen atoms in total. The van der Waals surface area contributed by atoms with E-state index in [-0.39, 0.29) is 24.5 Å². The molecule has 1 aliphatic rings. The van der Waals surface area contributed by atoms with Crippen LogP contribution in [0, 0.1) is 0 Å². The molecule has 1 fully saturated rings. The fraction of sp³-hybridized carbons (Fsp3) is 0.396. The molecule has 2 heterocycles. The van der Waals surface area contributed by atoms with Crippen molar-refractivity contribution in [2.45, 2.75) is 88.8 Å². The monoisotopic (exact) mass is 754 g/mol. The molecule has 1 aromatic heterocycles. The largest absolute Gasteiger partial charge is 0.490 e. The number of piperazine rings is 1. The summed E-state index contributed by atoms with van der Waals surface area (Å²) in [6, 6.07) is 40.4. The number of hydrogen-bond acceptors (Lipinski definition) is 6. The number of unbranched alkanes of at least 4 members (excludes halogenated alkanes) is 2. The molecule has 4 aromatic carbocycles. The average molecular weight is 755 g/mol. The van der Waals surface area contributed by atoms with Crippen LogP contribution < -0.4 is 10.1 Å². The minimum atomic E-state index is -0.777. The van der Waals surface area contributed by atoms with Gasteiger partial charge in [0.05, 0.1) is 5.52 Å². The first-order valence-corrected chi connectivity index (χ1v) is 20.6. The Labute approximate surface area is 332 Å². The highest BCUT2D eigenvalue weighted by Crippen LogP contribution is 2.24. The number of fused-ring (bicyclic) bond motifs is 1. The van der Waals surface area contributed by atoms with E-state index in [0.29, 0.717) is 38.3 Å². The second-order valence-corrected chi connectivity index (χ2v) is 15.2. The van der Waals surface area contributed by atoms with Crippen LogP contribution in [0.25, 0.3) is 10.9 Å². The lowest BCUT2D eigenvalue weighted by atomic mass is 9.98. The van der Waals surface area contributed by atoms with Gasteiger partial charge in [0.1, 0.15) is 24.5 Å². The second kappa shape index (κ2) is 21.9. The van der Waals surface area contributed by atoms with Gasteiger partial charge in [-0.05, 0) is 98.7 Å². The van der Waals surface area contributed by atoms with E-state index in [2.05, 4.69) is 88.0 Å². The fourth-order valence-corrected chi connectivity index (χ4v) is 7.82. The molecule has 1 aliphatic heterocycles. The molecule has 2 amide bonds. The molecule has 0 bridgehead atoms. The number of nitrogens with zero attached hydrogens (tertiary/aromatic N) is 3. The van der Waals surface area contributed by atoms with Gasteiger partial charge in [0.2, 0.25) is 11.8 Å². The van der Waals surface area contributed by atoms with Gasteiger partial charge < -0.3 is 20.1 Å². The number of aromatic nitrogens is 1. The summed E-state index contributed by atoms with van der Waals surface area (Å²) in [5.41, 5.74) is 4.74. The van der Waals surface area contributed by atoms with Gasteiger partial charge in [0, 0.05) is 50.2 Å². The van der Waals surface area contributed by atoms with Crippen LogP contribution in [0.4, 0.5) is 0 Å². The third kappa shape index (κ3) is 12.8. The Hall–Kier alpha value is -5.05. The summed E-state index contributed by atoms with van der Waals surface area (Å²) < 4.78 is 6.08. The van der Waals surface area contributed by atoms with Crippen LogP contribution in [0.5, 0.6) is 5.75 Å². The van der Waals surface area contributed by atoms with Gasteiger partial charge in [-0.2, -0.15) is 0 Å². The predicted octanol–water partition coefficient (Wildman–Crippen LogP) is 7.82. The third-order valence-electron chi connectivity index (χ3n) is 10.9. The van der Waals surface area contributed by atoms with Crippen molar-refractivity contribution >= 4 is 22.7 Å². The number of rotatable bonds is 21. The van der Waals surface area contributed by atoms with Gasteiger partial charge in [0.15, 0.2) is 0 Å². The van der Waals surface area contributed by atoms with Crippen LogP contribution in [0.3, 0.4) is 0 Å². The maximum atomic E-state index is 14.4. The van der Waals surface area contributed by atoms with E-state index < -0.39 is 12.1 Å². The normalized spacial score (nSPS) is 15.2. The molecule has 5 aromatic rings. The number of carbonyl (C=O) groups excluding carboxylic acids is 2. The molecule has 6 rings (SSSR count). The van der Waals surface area contributed by atoms with Crippen molar-refractivity contribution in [1.82, 2.24) is 20.1 Å². The number of hydrogen-bond donors (Lipinski definition) is 2. The summed E-state index contributed by atoms with van der Waals surface area (Å²) >= 11 is 0. The van der Waals surface area contributed by atoms with Crippen molar-refractivity contribution in [3.8, 4) is 5.75 Å². The Balaban J connectivity index is 1.08. The van der Waals surface area contributed by atoms with Crippen molar-refractivity contribution < 1.29 is 19.4 Å². The van der Waals surface area contributed by atoms with Crippen molar-refractivity contribution in [2.24, 2.45) is 0 Å². The number of ether oxygens (including phenoxy) is 1. The number of β-amino-alcohol motifs (C(OH)–C–C–N with tert-alkyl or cyclic N) is 1. The zero-order chi connectivity index (χ0) is 38.8. The van der Waals surface area contributed by atoms with E-state index in [4.69, 9.17) is 4.74 Å². The lowest BCUT2D eigenvalue weighted by molar-refractivity contribution is -0.145. The maximum absolute atomic E-state index is 14.4. The van der Waals surface area contributed by atoms with Crippen molar-refractivity contribution in [3.05, 3.63) is 144 Å². The van der Waals surface area contributed by atoms with Gasteiger partial charge in [-0.1, -0.05) is 103 Å². The zero-order valence-corrected chi connectivity index (χ0v) is 32.7. The van der Waals surface area contributed by atoms with Gasteiger partial charge in [-0.25, -0.2) is 0 Å². The Morgan fingerprint density at radius 1 is 0.714 bits per heavy atom. The molecule has 0 aliphatic carbocycles. The van der Waals surface area contributed by atoms with Crippen molar-refractivity contribution in [3.63, 3.8) is 0 Å². The Kier molecular flexibility index (Phi) is 15.9. The number of aryl methyl sites for hydroxylation is 3. The lowest BCUT2D eigenvalue weighted by Gasteiger charge is -2.41. The number of amides is 2. The highest BCUT2D eigenvalue weighted by Gasteiger charge is 2.36. The summed E-state index contributed by atoms with van der Waals surface area (Å²) in [6.07, 6.45) is 10.7. The lowest BCUT2D eigenvalue weighted by Crippen LogP contribution is -2.62. The molecule has 2 atom stereocenters. The minimum absolute atomic E-state index is 0.00517. The Morgan fingerprint density at radius 3 is 1.98 bits per heavy atom. The van der Waals surface area contributed by atoms with E-state index >= 15 is 0 Å². The molecule has 8 heteroatoms. The van der Waals surface area contributed by atoms with Crippen molar-refractivity contribution in [1.29, 1.82) is 0 Å². The van der Waals surface area contributed by atoms with Crippen LogP contribution in [-0.2, 0) is 28.9 Å². The number of pyridine rings is 1. The first kappa shape index (κ1) is 40.6. The second-order valence-electron chi connectivity index (χ2n) is 15.2. The first-order valence-electron chi connectivity index (χ1n) is 20.6. The minimum Gasteiger partial charge on any atom is -0.490 e. The summed E-state index contributed by atoms with van der Waals surface area (Å²) in [4.78, 5) is 36.5. The van der Waals surface area contributed by atoms with E-state index in [1.54, 1.807) is 11.1 Å². The topological polar surface area (TPSA) is 95.0 Å². The van der Waals surface area contributed by atoms with E-state index in [1.807, 2.05) is 48.5 Å². The number of carbonyl (C=O) groups is 2. The number of aliphatic hydroxyl groups is 1. The van der Waals surface area contributed by atoms with Gasteiger partial charge in [-0.3, -0.25) is 19.5 Å². The summed E-state index contributed by atoms with van der Waals surface area (Å²) in [7, 11) is 0. The van der Waals surface area contributed by atoms with Gasteiger partial charge >= 0.3 is 0 Å². The summed E-state index contributed by atoms with van der Waals surface area (Å²) in [6.45, 7) is 1.83. The van der Waals surface area contributed by atoms with Gasteiger partial charge in [0.25, 0.3) is 0 Å². The molecular weight excluding hydrogens is 697 g/mol. The Bertz CT molecular complexity index is 1860. The molecule has 1 unspecified atom stereocenters. The van der Waals surface area contributed by atoms with Crippen LogP contribution >= 0.6 is 0 Å². The summed E-state index contributed by atoms with van der Waals surface area (Å²) in [5.74, 6) is 0.602. The van der Waals surface area contributed by atoms with E-state index in [1.165, 1.54) is 16.7 Å².